The molecule has 0 unspecified atom stereocenters. The molecule has 1 aliphatic heterocycles. The monoisotopic (exact) mass is 414 g/mol. The average Bonchev–Trinajstić information content (AvgIpc) is 2.53. The Labute approximate surface area is 143 Å². The molecule has 1 aromatic rings. The molecule has 0 spiro atoms. The van der Waals surface area contributed by atoms with Crippen LogP contribution in [0.1, 0.15) is 23.2 Å². The molecule has 6 heteroatoms. The fourth-order valence-corrected chi connectivity index (χ4v) is 2.97. The number of likely N-dealkylation sites (tertiary alicyclic amines) is 1. The van der Waals surface area contributed by atoms with Crippen LogP contribution in [0.5, 0.6) is 0 Å². The third kappa shape index (κ3) is 4.46. The van der Waals surface area contributed by atoms with Crippen molar-refractivity contribution in [3.63, 3.8) is 0 Å². The maximum absolute atomic E-state index is 12.3. The standard InChI is InChI=1S/C16H19IN2O3/c1-2-11-22-16(21)19-9-7-12(8-10-19)18-15(20)13-5-3-4-6-14(13)17/h2-6,12H,1,7-11H2,(H,18,20). The van der Waals surface area contributed by atoms with Crippen molar-refractivity contribution in [3.8, 4) is 0 Å². The van der Waals surface area contributed by atoms with E-state index in [0.717, 1.165) is 16.4 Å². The van der Waals surface area contributed by atoms with Crippen molar-refractivity contribution in [2.75, 3.05) is 19.7 Å². The maximum Gasteiger partial charge on any atom is 0.410 e. The molecule has 1 N–H and O–H groups in total. The second kappa shape index (κ2) is 8.17. The summed E-state index contributed by atoms with van der Waals surface area (Å²) in [6, 6.07) is 7.58. The van der Waals surface area contributed by atoms with E-state index in [4.69, 9.17) is 4.74 Å². The zero-order chi connectivity index (χ0) is 15.9. The van der Waals surface area contributed by atoms with E-state index in [2.05, 4.69) is 34.5 Å². The molecule has 2 rings (SSSR count). The van der Waals surface area contributed by atoms with E-state index >= 15 is 0 Å². The Balaban J connectivity index is 1.82. The Bertz CT molecular complexity index is 554. The highest BCUT2D eigenvalue weighted by molar-refractivity contribution is 14.1. The second-order valence-corrected chi connectivity index (χ2v) is 6.24. The summed E-state index contributed by atoms with van der Waals surface area (Å²) in [5.41, 5.74) is 0.691. The van der Waals surface area contributed by atoms with Gasteiger partial charge in [-0.1, -0.05) is 24.8 Å². The first-order valence-electron chi connectivity index (χ1n) is 7.20. The lowest BCUT2D eigenvalue weighted by atomic mass is 10.0. The number of hydrogen-bond donors (Lipinski definition) is 1. The smallest absolute Gasteiger partial charge is 0.410 e. The Hall–Kier alpha value is -1.57. The number of nitrogens with zero attached hydrogens (tertiary/aromatic N) is 1. The van der Waals surface area contributed by atoms with Crippen molar-refractivity contribution < 1.29 is 14.3 Å². The lowest BCUT2D eigenvalue weighted by Crippen LogP contribution is -2.46. The average molecular weight is 414 g/mol. The lowest BCUT2D eigenvalue weighted by molar-refractivity contribution is 0.0873. The summed E-state index contributed by atoms with van der Waals surface area (Å²) in [6.07, 6.45) is 2.70. The molecule has 5 nitrogen and oxygen atoms in total. The Kier molecular flexibility index (Phi) is 6.23. The van der Waals surface area contributed by atoms with Crippen molar-refractivity contribution >= 4 is 34.6 Å². The van der Waals surface area contributed by atoms with E-state index in [1.54, 1.807) is 11.0 Å². The van der Waals surface area contributed by atoms with Crippen LogP contribution in [0.15, 0.2) is 36.9 Å². The first-order chi connectivity index (χ1) is 10.6. The Morgan fingerprint density at radius 1 is 1.36 bits per heavy atom. The molecule has 0 aliphatic carbocycles. The molecular formula is C16H19IN2O3. The van der Waals surface area contributed by atoms with Crippen LogP contribution in [0.4, 0.5) is 4.79 Å². The number of piperidine rings is 1. The fourth-order valence-electron chi connectivity index (χ4n) is 2.34. The first kappa shape index (κ1) is 16.8. The van der Waals surface area contributed by atoms with Crippen LogP contribution in [-0.2, 0) is 4.74 Å². The predicted octanol–water partition coefficient (Wildman–Crippen LogP) is 2.81. The number of nitrogens with one attached hydrogen (secondary N) is 1. The highest BCUT2D eigenvalue weighted by Crippen LogP contribution is 2.15. The van der Waals surface area contributed by atoms with Gasteiger partial charge in [0.25, 0.3) is 5.91 Å². The molecule has 118 valence electrons. The lowest BCUT2D eigenvalue weighted by Gasteiger charge is -2.31. The largest absolute Gasteiger partial charge is 0.445 e. The molecule has 0 bridgehead atoms. The summed E-state index contributed by atoms with van der Waals surface area (Å²) in [4.78, 5) is 25.6. The van der Waals surface area contributed by atoms with Gasteiger partial charge < -0.3 is 15.0 Å². The summed E-state index contributed by atoms with van der Waals surface area (Å²) < 4.78 is 5.95. The van der Waals surface area contributed by atoms with E-state index in [1.165, 1.54) is 0 Å². The Morgan fingerprint density at radius 2 is 2.05 bits per heavy atom. The van der Waals surface area contributed by atoms with E-state index < -0.39 is 0 Å². The molecule has 0 aromatic heterocycles. The quantitative estimate of drug-likeness (QED) is 0.609. The molecule has 0 radical (unpaired) electrons. The molecule has 1 fully saturated rings. The minimum absolute atomic E-state index is 0.0577. The van der Waals surface area contributed by atoms with E-state index in [9.17, 15) is 9.59 Å². The van der Waals surface area contributed by atoms with Gasteiger partial charge in [-0.05, 0) is 47.6 Å². The second-order valence-electron chi connectivity index (χ2n) is 5.08. The van der Waals surface area contributed by atoms with Gasteiger partial charge in [-0.25, -0.2) is 4.79 Å². The van der Waals surface area contributed by atoms with Crippen molar-refractivity contribution in [2.45, 2.75) is 18.9 Å². The van der Waals surface area contributed by atoms with Crippen LogP contribution in [0.25, 0.3) is 0 Å². The van der Waals surface area contributed by atoms with E-state index in [1.807, 2.05) is 24.3 Å². The highest BCUT2D eigenvalue weighted by atomic mass is 127. The predicted molar refractivity (Wildman–Crippen MR) is 92.8 cm³/mol. The van der Waals surface area contributed by atoms with Crippen molar-refractivity contribution in [1.29, 1.82) is 0 Å². The van der Waals surface area contributed by atoms with Gasteiger partial charge >= 0.3 is 6.09 Å². The number of hydrogen-bond acceptors (Lipinski definition) is 3. The number of rotatable bonds is 4. The number of halogens is 1. The van der Waals surface area contributed by atoms with Crippen LogP contribution >= 0.6 is 22.6 Å². The number of carbonyl (C=O) groups is 2. The van der Waals surface area contributed by atoms with Crippen LogP contribution in [0.2, 0.25) is 0 Å². The van der Waals surface area contributed by atoms with Crippen molar-refractivity contribution in [1.82, 2.24) is 10.2 Å². The van der Waals surface area contributed by atoms with Gasteiger partial charge in [0.2, 0.25) is 0 Å². The zero-order valence-electron chi connectivity index (χ0n) is 12.3. The van der Waals surface area contributed by atoms with Crippen molar-refractivity contribution in [2.24, 2.45) is 0 Å². The van der Waals surface area contributed by atoms with Gasteiger partial charge in [-0.3, -0.25) is 4.79 Å². The molecule has 0 atom stereocenters. The molecule has 0 saturated carbocycles. The summed E-state index contributed by atoms with van der Waals surface area (Å²) in [6.45, 7) is 4.92. The third-order valence-corrected chi connectivity index (χ3v) is 4.47. The van der Waals surface area contributed by atoms with Crippen molar-refractivity contribution in [3.05, 3.63) is 46.1 Å². The summed E-state index contributed by atoms with van der Waals surface area (Å²) in [5.74, 6) is -0.0577. The number of benzene rings is 1. The molecule has 1 aromatic carbocycles. The fraction of sp³-hybridized carbons (Fsp3) is 0.375. The summed E-state index contributed by atoms with van der Waals surface area (Å²) in [5, 5.41) is 3.04. The van der Waals surface area contributed by atoms with Crippen LogP contribution in [-0.4, -0.2) is 42.6 Å². The molecular weight excluding hydrogens is 395 g/mol. The summed E-state index contributed by atoms with van der Waals surface area (Å²) >= 11 is 2.16. The van der Waals surface area contributed by atoms with Gasteiger partial charge in [0.05, 0.1) is 5.56 Å². The zero-order valence-corrected chi connectivity index (χ0v) is 14.4. The normalized spacial score (nSPS) is 15.2. The minimum atomic E-state index is -0.317. The minimum Gasteiger partial charge on any atom is -0.445 e. The van der Waals surface area contributed by atoms with Gasteiger partial charge in [-0.15, -0.1) is 0 Å². The van der Waals surface area contributed by atoms with Gasteiger partial charge in [0.1, 0.15) is 6.61 Å². The SMILES string of the molecule is C=CCOC(=O)N1CCC(NC(=O)c2ccccc2I)CC1. The van der Waals surface area contributed by atoms with E-state index in [-0.39, 0.29) is 24.6 Å². The molecule has 1 aliphatic rings. The van der Waals surface area contributed by atoms with Crippen LogP contribution in [0.3, 0.4) is 0 Å². The topological polar surface area (TPSA) is 58.6 Å². The first-order valence-corrected chi connectivity index (χ1v) is 8.27. The molecule has 22 heavy (non-hydrogen) atoms. The Morgan fingerprint density at radius 3 is 2.68 bits per heavy atom. The van der Waals surface area contributed by atoms with Gasteiger partial charge in [-0.2, -0.15) is 0 Å². The maximum atomic E-state index is 12.3. The van der Waals surface area contributed by atoms with Crippen LogP contribution in [0, 0.1) is 3.57 Å². The van der Waals surface area contributed by atoms with Gasteiger partial charge in [0, 0.05) is 22.7 Å². The molecule has 2 amide bonds. The number of amides is 2. The summed E-state index contributed by atoms with van der Waals surface area (Å²) in [7, 11) is 0. The number of carbonyl (C=O) groups excluding carboxylic acids is 2. The van der Waals surface area contributed by atoms with E-state index in [0.29, 0.717) is 18.7 Å². The number of ether oxygens (including phenoxy) is 1. The third-order valence-electron chi connectivity index (χ3n) is 3.53. The van der Waals surface area contributed by atoms with Crippen LogP contribution < -0.4 is 5.32 Å². The molecule has 1 heterocycles. The molecule has 1 saturated heterocycles. The highest BCUT2D eigenvalue weighted by Gasteiger charge is 2.25. The van der Waals surface area contributed by atoms with Gasteiger partial charge in [0.15, 0.2) is 0 Å².